The zero-order valence-electron chi connectivity index (χ0n) is 13.5. The number of nitrogens with one attached hydrogen (secondary N) is 1. The van der Waals surface area contributed by atoms with E-state index in [-0.39, 0.29) is 0 Å². The molecule has 2 rings (SSSR count). The number of hydrogen-bond acceptors (Lipinski definition) is 4. The Bertz CT molecular complexity index is 400. The summed E-state index contributed by atoms with van der Waals surface area (Å²) in [4.78, 5) is 2.33. The van der Waals surface area contributed by atoms with Crippen LogP contribution in [0.25, 0.3) is 0 Å². The molecule has 4 nitrogen and oxygen atoms in total. The van der Waals surface area contributed by atoms with Gasteiger partial charge in [0.1, 0.15) is 12.4 Å². The van der Waals surface area contributed by atoms with Gasteiger partial charge in [-0.25, -0.2) is 0 Å². The average molecular weight is 292 g/mol. The van der Waals surface area contributed by atoms with Gasteiger partial charge in [-0.1, -0.05) is 26.0 Å². The summed E-state index contributed by atoms with van der Waals surface area (Å²) < 4.78 is 11.2. The quantitative estimate of drug-likeness (QED) is 0.797. The molecule has 0 saturated carbocycles. The molecule has 4 heteroatoms. The highest BCUT2D eigenvalue weighted by molar-refractivity contribution is 5.27. The van der Waals surface area contributed by atoms with Crippen LogP contribution in [-0.2, 0) is 11.3 Å². The molecule has 1 unspecified atom stereocenters. The molecule has 21 heavy (non-hydrogen) atoms. The molecular weight excluding hydrogens is 264 g/mol. The van der Waals surface area contributed by atoms with Crippen LogP contribution in [0.2, 0.25) is 0 Å². The first-order valence-electron chi connectivity index (χ1n) is 7.88. The van der Waals surface area contributed by atoms with Crippen molar-refractivity contribution in [3.8, 4) is 5.75 Å². The number of ether oxygens (including phenoxy) is 2. The van der Waals surface area contributed by atoms with Crippen molar-refractivity contribution >= 4 is 0 Å². The summed E-state index contributed by atoms with van der Waals surface area (Å²) in [6.45, 7) is 8.62. The molecule has 0 radical (unpaired) electrons. The number of benzene rings is 1. The third-order valence-electron chi connectivity index (χ3n) is 3.88. The van der Waals surface area contributed by atoms with Gasteiger partial charge in [-0.15, -0.1) is 0 Å². The van der Waals surface area contributed by atoms with E-state index in [9.17, 15) is 0 Å². The number of hydrogen-bond donors (Lipinski definition) is 1. The van der Waals surface area contributed by atoms with Gasteiger partial charge in [-0.3, -0.25) is 4.90 Å². The molecule has 1 aliphatic heterocycles. The van der Waals surface area contributed by atoms with Crippen LogP contribution in [-0.4, -0.2) is 50.4 Å². The van der Waals surface area contributed by atoms with E-state index in [2.05, 4.69) is 55.4 Å². The lowest BCUT2D eigenvalue weighted by atomic mass is 10.2. The second-order valence-electron chi connectivity index (χ2n) is 6.03. The highest BCUT2D eigenvalue weighted by Crippen LogP contribution is 2.13. The molecule has 1 N–H and O–H groups in total. The Hall–Kier alpha value is -1.10. The molecular formula is C17H28N2O2. The van der Waals surface area contributed by atoms with Crippen molar-refractivity contribution in [1.82, 2.24) is 10.2 Å². The maximum absolute atomic E-state index is 5.81. The third-order valence-corrected chi connectivity index (χ3v) is 3.88. The van der Waals surface area contributed by atoms with Gasteiger partial charge in [0, 0.05) is 31.8 Å². The van der Waals surface area contributed by atoms with E-state index in [0.29, 0.717) is 12.1 Å². The SMILES string of the molecule is CC(C)NCc1ccc(OCCN(C)C2CCOC2)cc1. The lowest BCUT2D eigenvalue weighted by Crippen LogP contribution is -2.35. The van der Waals surface area contributed by atoms with Gasteiger partial charge in [-0.05, 0) is 31.2 Å². The predicted molar refractivity (Wildman–Crippen MR) is 85.8 cm³/mol. The standard InChI is InChI=1S/C17H28N2O2/c1-14(2)18-12-15-4-6-17(7-5-15)21-11-9-19(3)16-8-10-20-13-16/h4-7,14,16,18H,8-13H2,1-3H3. The van der Waals surface area contributed by atoms with E-state index >= 15 is 0 Å². The summed E-state index contributed by atoms with van der Waals surface area (Å²) in [7, 11) is 2.14. The van der Waals surface area contributed by atoms with Crippen molar-refractivity contribution in [1.29, 1.82) is 0 Å². The van der Waals surface area contributed by atoms with Crippen LogP contribution in [0.1, 0.15) is 25.8 Å². The molecule has 1 fully saturated rings. The fraction of sp³-hybridized carbons (Fsp3) is 0.647. The molecule has 0 amide bonds. The van der Waals surface area contributed by atoms with Crippen molar-refractivity contribution in [3.63, 3.8) is 0 Å². The van der Waals surface area contributed by atoms with E-state index in [4.69, 9.17) is 9.47 Å². The molecule has 1 aliphatic rings. The monoisotopic (exact) mass is 292 g/mol. The molecule has 0 aromatic heterocycles. The molecule has 1 atom stereocenters. The van der Waals surface area contributed by atoms with Crippen LogP contribution in [0.5, 0.6) is 5.75 Å². The number of nitrogens with zero attached hydrogens (tertiary/aromatic N) is 1. The maximum Gasteiger partial charge on any atom is 0.119 e. The normalized spacial score (nSPS) is 18.6. The summed E-state index contributed by atoms with van der Waals surface area (Å²) in [5, 5.41) is 3.41. The Kier molecular flexibility index (Phi) is 6.49. The van der Waals surface area contributed by atoms with Gasteiger partial charge in [0.15, 0.2) is 0 Å². The Morgan fingerprint density at radius 3 is 2.71 bits per heavy atom. The summed E-state index contributed by atoms with van der Waals surface area (Å²) in [5.41, 5.74) is 1.29. The topological polar surface area (TPSA) is 33.7 Å². The lowest BCUT2D eigenvalue weighted by molar-refractivity contribution is 0.147. The third kappa shape index (κ3) is 5.65. The Balaban J connectivity index is 1.68. The van der Waals surface area contributed by atoms with E-state index in [1.54, 1.807) is 0 Å². The molecule has 1 aromatic rings. The summed E-state index contributed by atoms with van der Waals surface area (Å²) in [6, 6.07) is 9.42. The van der Waals surface area contributed by atoms with Crippen LogP contribution in [0.4, 0.5) is 0 Å². The van der Waals surface area contributed by atoms with Crippen LogP contribution in [0, 0.1) is 0 Å². The minimum atomic E-state index is 0.510. The Morgan fingerprint density at radius 2 is 2.10 bits per heavy atom. The van der Waals surface area contributed by atoms with Crippen molar-refractivity contribution in [2.75, 3.05) is 33.4 Å². The number of likely N-dealkylation sites (N-methyl/N-ethyl adjacent to an activating group) is 1. The smallest absolute Gasteiger partial charge is 0.119 e. The molecule has 0 bridgehead atoms. The highest BCUT2D eigenvalue weighted by Gasteiger charge is 2.19. The highest BCUT2D eigenvalue weighted by atomic mass is 16.5. The Morgan fingerprint density at radius 1 is 1.33 bits per heavy atom. The first-order chi connectivity index (χ1) is 10.1. The van der Waals surface area contributed by atoms with E-state index < -0.39 is 0 Å². The van der Waals surface area contributed by atoms with Crippen molar-refractivity contribution in [3.05, 3.63) is 29.8 Å². The average Bonchev–Trinajstić information content (AvgIpc) is 3.00. The summed E-state index contributed by atoms with van der Waals surface area (Å²) in [6.07, 6.45) is 1.13. The zero-order valence-corrected chi connectivity index (χ0v) is 13.5. The summed E-state index contributed by atoms with van der Waals surface area (Å²) in [5.74, 6) is 0.944. The maximum atomic E-state index is 5.81. The van der Waals surface area contributed by atoms with E-state index in [0.717, 1.165) is 45.1 Å². The Labute approximate surface area is 128 Å². The summed E-state index contributed by atoms with van der Waals surface area (Å²) >= 11 is 0. The van der Waals surface area contributed by atoms with Gasteiger partial charge < -0.3 is 14.8 Å². The minimum absolute atomic E-state index is 0.510. The molecule has 118 valence electrons. The molecule has 0 aliphatic carbocycles. The van der Waals surface area contributed by atoms with Gasteiger partial charge in [-0.2, -0.15) is 0 Å². The minimum Gasteiger partial charge on any atom is -0.492 e. The fourth-order valence-electron chi connectivity index (χ4n) is 2.39. The first-order valence-corrected chi connectivity index (χ1v) is 7.88. The van der Waals surface area contributed by atoms with Crippen LogP contribution in [0.15, 0.2) is 24.3 Å². The largest absolute Gasteiger partial charge is 0.492 e. The molecule has 1 saturated heterocycles. The fourth-order valence-corrected chi connectivity index (χ4v) is 2.39. The van der Waals surface area contributed by atoms with Gasteiger partial charge in [0.25, 0.3) is 0 Å². The van der Waals surface area contributed by atoms with Gasteiger partial charge >= 0.3 is 0 Å². The van der Waals surface area contributed by atoms with Gasteiger partial charge in [0.05, 0.1) is 6.61 Å². The second-order valence-corrected chi connectivity index (χ2v) is 6.03. The second kappa shape index (κ2) is 8.37. The van der Waals surface area contributed by atoms with Crippen molar-refractivity contribution < 1.29 is 9.47 Å². The van der Waals surface area contributed by atoms with Crippen LogP contribution in [0.3, 0.4) is 0 Å². The van der Waals surface area contributed by atoms with E-state index in [1.165, 1.54) is 5.56 Å². The first kappa shape index (κ1) is 16.3. The van der Waals surface area contributed by atoms with Crippen molar-refractivity contribution in [2.45, 2.75) is 38.9 Å². The van der Waals surface area contributed by atoms with E-state index in [1.807, 2.05) is 0 Å². The lowest BCUT2D eigenvalue weighted by Gasteiger charge is -2.22. The van der Waals surface area contributed by atoms with Crippen LogP contribution >= 0.6 is 0 Å². The molecule has 1 aromatic carbocycles. The number of rotatable bonds is 8. The van der Waals surface area contributed by atoms with Crippen molar-refractivity contribution in [2.24, 2.45) is 0 Å². The predicted octanol–water partition coefficient (Wildman–Crippen LogP) is 2.28. The molecule has 0 spiro atoms. The van der Waals surface area contributed by atoms with Gasteiger partial charge in [0.2, 0.25) is 0 Å². The van der Waals surface area contributed by atoms with Crippen LogP contribution < -0.4 is 10.1 Å². The zero-order chi connectivity index (χ0) is 15.1. The molecule has 1 heterocycles.